The maximum absolute atomic E-state index is 10.7. The Bertz CT molecular complexity index is 344. The van der Waals surface area contributed by atoms with Crippen LogP contribution in [0.5, 0.6) is 5.88 Å². The number of H-pyrrole nitrogens is 1. The molecule has 3 nitrogen and oxygen atoms in total. The van der Waals surface area contributed by atoms with E-state index in [0.29, 0.717) is 11.1 Å². The van der Waals surface area contributed by atoms with Crippen molar-refractivity contribution in [1.29, 1.82) is 0 Å². The summed E-state index contributed by atoms with van der Waals surface area (Å²) in [6.07, 6.45) is 5.07. The number of hydrogen-bond acceptors (Lipinski definition) is 2. The molecular weight excluding hydrogens is 142 g/mol. The van der Waals surface area contributed by atoms with E-state index >= 15 is 0 Å². The average Bonchev–Trinajstić information content (AvgIpc) is 1.85. The molecule has 0 saturated carbocycles. The van der Waals surface area contributed by atoms with Gasteiger partial charge in [0.05, 0.1) is 5.56 Å². The van der Waals surface area contributed by atoms with Crippen LogP contribution in [0.15, 0.2) is 10.9 Å². The van der Waals surface area contributed by atoms with Crippen LogP contribution < -0.4 is 5.56 Å². The molecule has 0 saturated heterocycles. The Morgan fingerprint density at radius 1 is 1.73 bits per heavy atom. The van der Waals surface area contributed by atoms with Crippen molar-refractivity contribution in [2.45, 2.75) is 6.92 Å². The maximum atomic E-state index is 10.7. The Morgan fingerprint density at radius 2 is 2.36 bits per heavy atom. The number of aryl methyl sites for hydroxylation is 1. The lowest BCUT2D eigenvalue weighted by Gasteiger charge is -1.98. The number of nitrogens with one attached hydrogen (secondary N) is 1. The molecule has 0 bridgehead atoms. The SMILES string of the molecule is C#Cc1c(C)cc(=O)[nH]c1O. The molecule has 3 heteroatoms. The molecule has 1 heterocycles. The molecule has 0 radical (unpaired) electrons. The third-order valence-corrected chi connectivity index (χ3v) is 1.36. The van der Waals surface area contributed by atoms with Crippen molar-refractivity contribution in [3.63, 3.8) is 0 Å². The lowest BCUT2D eigenvalue weighted by molar-refractivity contribution is 0.449. The zero-order chi connectivity index (χ0) is 8.43. The lowest BCUT2D eigenvalue weighted by Crippen LogP contribution is -2.05. The highest BCUT2D eigenvalue weighted by Crippen LogP contribution is 2.12. The molecule has 0 amide bonds. The van der Waals surface area contributed by atoms with Gasteiger partial charge in [-0.15, -0.1) is 6.42 Å². The summed E-state index contributed by atoms with van der Waals surface area (Å²) in [5.41, 5.74) is 0.595. The van der Waals surface area contributed by atoms with E-state index in [1.807, 2.05) is 0 Å². The third kappa shape index (κ3) is 1.24. The first-order valence-electron chi connectivity index (χ1n) is 3.04. The van der Waals surface area contributed by atoms with Gasteiger partial charge in [-0.3, -0.25) is 9.78 Å². The topological polar surface area (TPSA) is 53.1 Å². The van der Waals surface area contributed by atoms with Crippen LogP contribution in [0.25, 0.3) is 0 Å². The molecule has 0 atom stereocenters. The van der Waals surface area contributed by atoms with Crippen LogP contribution in [0.1, 0.15) is 11.1 Å². The highest BCUT2D eigenvalue weighted by Gasteiger charge is 2.02. The molecule has 2 N–H and O–H groups in total. The molecule has 0 aliphatic heterocycles. The van der Waals surface area contributed by atoms with Crippen molar-refractivity contribution in [2.75, 3.05) is 0 Å². The van der Waals surface area contributed by atoms with Crippen LogP contribution in [-0.4, -0.2) is 10.1 Å². The minimum Gasteiger partial charge on any atom is -0.494 e. The summed E-state index contributed by atoms with van der Waals surface area (Å²) < 4.78 is 0. The summed E-state index contributed by atoms with van der Waals surface area (Å²) in [6, 6.07) is 1.34. The van der Waals surface area contributed by atoms with Crippen LogP contribution in [0.3, 0.4) is 0 Å². The van der Waals surface area contributed by atoms with E-state index in [1.165, 1.54) is 6.07 Å². The molecular formula is C8H7NO2. The van der Waals surface area contributed by atoms with Crippen LogP contribution in [0.2, 0.25) is 0 Å². The number of pyridine rings is 1. The zero-order valence-electron chi connectivity index (χ0n) is 6.01. The number of hydrogen-bond donors (Lipinski definition) is 2. The Morgan fingerprint density at radius 3 is 2.82 bits per heavy atom. The van der Waals surface area contributed by atoms with Crippen LogP contribution in [0, 0.1) is 19.3 Å². The zero-order valence-corrected chi connectivity index (χ0v) is 6.01. The van der Waals surface area contributed by atoms with Gasteiger partial charge >= 0.3 is 0 Å². The first-order chi connectivity index (χ1) is 5.15. The first kappa shape index (κ1) is 7.42. The third-order valence-electron chi connectivity index (χ3n) is 1.36. The van der Waals surface area contributed by atoms with E-state index in [4.69, 9.17) is 11.5 Å². The Labute approximate surface area is 63.7 Å². The highest BCUT2D eigenvalue weighted by atomic mass is 16.3. The van der Waals surface area contributed by atoms with E-state index < -0.39 is 0 Å². The summed E-state index contributed by atoms with van der Waals surface area (Å²) in [5, 5.41) is 9.07. The van der Waals surface area contributed by atoms with Crippen LogP contribution in [0.4, 0.5) is 0 Å². The normalized spacial score (nSPS) is 9.09. The van der Waals surface area contributed by atoms with Crippen molar-refractivity contribution < 1.29 is 5.11 Å². The summed E-state index contributed by atoms with van der Waals surface area (Å²) in [4.78, 5) is 12.9. The van der Waals surface area contributed by atoms with E-state index in [1.54, 1.807) is 6.92 Å². The maximum Gasteiger partial charge on any atom is 0.251 e. The molecule has 56 valence electrons. The summed E-state index contributed by atoms with van der Waals surface area (Å²) in [5.74, 6) is 2.03. The minimum absolute atomic E-state index is 0.238. The number of aromatic hydroxyl groups is 1. The summed E-state index contributed by atoms with van der Waals surface area (Å²) in [6.45, 7) is 1.67. The number of terminal acetylenes is 1. The Hall–Kier alpha value is -1.69. The van der Waals surface area contributed by atoms with E-state index in [2.05, 4.69) is 10.9 Å². The van der Waals surface area contributed by atoms with E-state index in [-0.39, 0.29) is 11.4 Å². The first-order valence-corrected chi connectivity index (χ1v) is 3.04. The van der Waals surface area contributed by atoms with Crippen molar-refractivity contribution in [3.8, 4) is 18.2 Å². The predicted molar refractivity (Wildman–Crippen MR) is 41.4 cm³/mol. The summed E-state index contributed by atoms with van der Waals surface area (Å²) in [7, 11) is 0. The van der Waals surface area contributed by atoms with Gasteiger partial charge in [0.25, 0.3) is 5.56 Å². The second-order valence-electron chi connectivity index (χ2n) is 2.18. The predicted octanol–water partition coefficient (Wildman–Crippen LogP) is 0.370. The molecule has 1 aromatic heterocycles. The molecule has 1 aromatic rings. The second kappa shape index (κ2) is 2.51. The van der Waals surface area contributed by atoms with E-state index in [0.717, 1.165) is 0 Å². The van der Waals surface area contributed by atoms with Crippen molar-refractivity contribution in [3.05, 3.63) is 27.5 Å². The fraction of sp³-hybridized carbons (Fsp3) is 0.125. The smallest absolute Gasteiger partial charge is 0.251 e. The molecule has 0 fully saturated rings. The average molecular weight is 149 g/mol. The van der Waals surface area contributed by atoms with Gasteiger partial charge in [-0.25, -0.2) is 0 Å². The summed E-state index contributed by atoms with van der Waals surface area (Å²) >= 11 is 0. The Balaban J connectivity index is 3.52. The highest BCUT2D eigenvalue weighted by molar-refractivity contribution is 5.44. The molecule has 0 aliphatic rings. The molecule has 11 heavy (non-hydrogen) atoms. The lowest BCUT2D eigenvalue weighted by atomic mass is 10.1. The number of aromatic amines is 1. The minimum atomic E-state index is -0.348. The van der Waals surface area contributed by atoms with Crippen molar-refractivity contribution in [2.24, 2.45) is 0 Å². The molecule has 0 aliphatic carbocycles. The standard InChI is InChI=1S/C8H7NO2/c1-3-6-5(2)4-7(10)9-8(6)11/h1,4H,2H3,(H2,9,10,11). The number of rotatable bonds is 0. The van der Waals surface area contributed by atoms with Gasteiger partial charge in [-0.2, -0.15) is 0 Å². The quantitative estimate of drug-likeness (QED) is 0.523. The van der Waals surface area contributed by atoms with Gasteiger partial charge in [0.2, 0.25) is 5.88 Å². The second-order valence-corrected chi connectivity index (χ2v) is 2.18. The van der Waals surface area contributed by atoms with Gasteiger partial charge in [0, 0.05) is 6.07 Å². The van der Waals surface area contributed by atoms with Gasteiger partial charge in [-0.05, 0) is 12.5 Å². The molecule has 0 spiro atoms. The molecule has 0 unspecified atom stereocenters. The van der Waals surface area contributed by atoms with Crippen LogP contribution >= 0.6 is 0 Å². The van der Waals surface area contributed by atoms with Crippen LogP contribution in [-0.2, 0) is 0 Å². The van der Waals surface area contributed by atoms with Gasteiger partial charge in [-0.1, -0.05) is 5.92 Å². The molecule has 1 rings (SSSR count). The van der Waals surface area contributed by atoms with Gasteiger partial charge in [0.15, 0.2) is 0 Å². The fourth-order valence-electron chi connectivity index (χ4n) is 0.853. The number of aromatic nitrogens is 1. The monoisotopic (exact) mass is 149 g/mol. The van der Waals surface area contributed by atoms with Crippen molar-refractivity contribution >= 4 is 0 Å². The largest absolute Gasteiger partial charge is 0.494 e. The van der Waals surface area contributed by atoms with E-state index in [9.17, 15) is 4.79 Å². The fourth-order valence-corrected chi connectivity index (χ4v) is 0.853. The van der Waals surface area contributed by atoms with Crippen molar-refractivity contribution in [1.82, 2.24) is 4.98 Å². The molecule has 0 aromatic carbocycles. The van der Waals surface area contributed by atoms with Gasteiger partial charge in [0.1, 0.15) is 0 Å². The Kier molecular flexibility index (Phi) is 1.69. The van der Waals surface area contributed by atoms with Gasteiger partial charge < -0.3 is 5.11 Å².